The number of amides is 1. The SMILES string of the molecule is CN(Cc1ccc(F)c(F)c1)C(=O)c1cccc2c1CCCN2. The molecule has 2 aromatic carbocycles. The summed E-state index contributed by atoms with van der Waals surface area (Å²) in [5, 5.41) is 3.30. The highest BCUT2D eigenvalue weighted by Crippen LogP contribution is 2.26. The van der Waals surface area contributed by atoms with Gasteiger partial charge in [-0.2, -0.15) is 0 Å². The molecule has 1 aliphatic heterocycles. The maximum absolute atomic E-state index is 13.3. The lowest BCUT2D eigenvalue weighted by Gasteiger charge is -2.23. The van der Waals surface area contributed by atoms with Crippen molar-refractivity contribution in [1.82, 2.24) is 4.90 Å². The number of benzene rings is 2. The molecule has 0 saturated heterocycles. The van der Waals surface area contributed by atoms with Gasteiger partial charge >= 0.3 is 0 Å². The van der Waals surface area contributed by atoms with Crippen molar-refractivity contribution in [3.63, 3.8) is 0 Å². The van der Waals surface area contributed by atoms with E-state index >= 15 is 0 Å². The molecule has 1 heterocycles. The Labute approximate surface area is 133 Å². The van der Waals surface area contributed by atoms with Crippen LogP contribution in [0.15, 0.2) is 36.4 Å². The average molecular weight is 316 g/mol. The summed E-state index contributed by atoms with van der Waals surface area (Å²) < 4.78 is 26.3. The second kappa shape index (κ2) is 6.36. The van der Waals surface area contributed by atoms with Crippen LogP contribution >= 0.6 is 0 Å². The van der Waals surface area contributed by atoms with Crippen molar-refractivity contribution in [2.45, 2.75) is 19.4 Å². The first-order chi connectivity index (χ1) is 11.1. The fourth-order valence-corrected chi connectivity index (χ4v) is 2.90. The molecule has 0 spiro atoms. The van der Waals surface area contributed by atoms with E-state index in [4.69, 9.17) is 0 Å². The van der Waals surface area contributed by atoms with Crippen molar-refractivity contribution in [2.75, 3.05) is 18.9 Å². The standard InChI is InChI=1S/C18H18F2N2O/c1-22(11-12-7-8-15(19)16(20)10-12)18(23)14-4-2-6-17-13(14)5-3-9-21-17/h2,4,6-8,10,21H,3,5,9,11H2,1H3. The lowest BCUT2D eigenvalue weighted by atomic mass is 9.97. The molecule has 0 radical (unpaired) electrons. The number of fused-ring (bicyclic) bond motifs is 1. The molecule has 3 rings (SSSR count). The summed E-state index contributed by atoms with van der Waals surface area (Å²) in [7, 11) is 1.67. The van der Waals surface area contributed by atoms with Crippen LogP contribution in [0, 0.1) is 11.6 Å². The van der Waals surface area contributed by atoms with Crippen LogP contribution in [0.2, 0.25) is 0 Å². The quantitative estimate of drug-likeness (QED) is 0.938. The Hall–Kier alpha value is -2.43. The Balaban J connectivity index is 1.81. The highest BCUT2D eigenvalue weighted by atomic mass is 19.2. The van der Waals surface area contributed by atoms with Gasteiger partial charge in [0.05, 0.1) is 0 Å². The topological polar surface area (TPSA) is 32.3 Å². The van der Waals surface area contributed by atoms with E-state index in [1.165, 1.54) is 11.0 Å². The fourth-order valence-electron chi connectivity index (χ4n) is 2.90. The molecule has 0 bridgehead atoms. The van der Waals surface area contributed by atoms with Crippen LogP contribution in [-0.4, -0.2) is 24.4 Å². The molecular weight excluding hydrogens is 298 g/mol. The molecule has 3 nitrogen and oxygen atoms in total. The molecule has 1 N–H and O–H groups in total. The monoisotopic (exact) mass is 316 g/mol. The van der Waals surface area contributed by atoms with Gasteiger partial charge in [0, 0.05) is 31.4 Å². The lowest BCUT2D eigenvalue weighted by Crippen LogP contribution is -2.28. The second-order valence-corrected chi connectivity index (χ2v) is 5.77. The van der Waals surface area contributed by atoms with E-state index in [1.54, 1.807) is 7.05 Å². The number of carbonyl (C=O) groups excluding carboxylic acids is 1. The van der Waals surface area contributed by atoms with Crippen LogP contribution in [-0.2, 0) is 13.0 Å². The minimum Gasteiger partial charge on any atom is -0.385 e. The molecule has 1 aliphatic rings. The molecule has 23 heavy (non-hydrogen) atoms. The third-order valence-electron chi connectivity index (χ3n) is 4.08. The zero-order valence-corrected chi connectivity index (χ0v) is 12.9. The van der Waals surface area contributed by atoms with E-state index < -0.39 is 11.6 Å². The number of nitrogens with one attached hydrogen (secondary N) is 1. The third-order valence-corrected chi connectivity index (χ3v) is 4.08. The predicted octanol–water partition coefficient (Wildman–Crippen LogP) is 3.60. The third kappa shape index (κ3) is 3.18. The second-order valence-electron chi connectivity index (χ2n) is 5.77. The van der Waals surface area contributed by atoms with Crippen molar-refractivity contribution >= 4 is 11.6 Å². The zero-order chi connectivity index (χ0) is 16.4. The van der Waals surface area contributed by atoms with E-state index in [-0.39, 0.29) is 12.5 Å². The predicted molar refractivity (Wildman–Crippen MR) is 85.4 cm³/mol. The molecule has 0 saturated carbocycles. The Bertz CT molecular complexity index is 746. The van der Waals surface area contributed by atoms with Gasteiger partial charge in [0.1, 0.15) is 0 Å². The zero-order valence-electron chi connectivity index (χ0n) is 12.9. The summed E-state index contributed by atoms with van der Waals surface area (Å²) in [5.74, 6) is -1.90. The first kappa shape index (κ1) is 15.5. The molecule has 0 aliphatic carbocycles. The maximum Gasteiger partial charge on any atom is 0.254 e. The van der Waals surface area contributed by atoms with E-state index in [2.05, 4.69) is 5.32 Å². The van der Waals surface area contributed by atoms with Crippen LogP contribution in [0.1, 0.15) is 27.9 Å². The van der Waals surface area contributed by atoms with Gasteiger partial charge in [-0.3, -0.25) is 4.79 Å². The molecule has 0 fully saturated rings. The number of carbonyl (C=O) groups is 1. The first-order valence-electron chi connectivity index (χ1n) is 7.61. The molecule has 0 unspecified atom stereocenters. The van der Waals surface area contributed by atoms with Crippen molar-refractivity contribution in [3.05, 3.63) is 64.7 Å². The van der Waals surface area contributed by atoms with Gasteiger partial charge in [0.15, 0.2) is 11.6 Å². The summed E-state index contributed by atoms with van der Waals surface area (Å²) in [6, 6.07) is 9.34. The summed E-state index contributed by atoms with van der Waals surface area (Å²) in [5.41, 5.74) is 3.26. The molecular formula is C18H18F2N2O. The number of hydrogen-bond acceptors (Lipinski definition) is 2. The number of anilines is 1. The average Bonchev–Trinajstić information content (AvgIpc) is 2.57. The molecule has 2 aromatic rings. The summed E-state index contributed by atoms with van der Waals surface area (Å²) in [4.78, 5) is 14.2. The Morgan fingerprint density at radius 3 is 2.83 bits per heavy atom. The van der Waals surface area contributed by atoms with Gasteiger partial charge in [0.25, 0.3) is 5.91 Å². The molecule has 0 atom stereocenters. The molecule has 120 valence electrons. The lowest BCUT2D eigenvalue weighted by molar-refractivity contribution is 0.0784. The normalized spacial score (nSPS) is 13.2. The summed E-state index contributed by atoms with van der Waals surface area (Å²) >= 11 is 0. The fraction of sp³-hybridized carbons (Fsp3) is 0.278. The maximum atomic E-state index is 13.3. The van der Waals surface area contributed by atoms with Gasteiger partial charge < -0.3 is 10.2 Å². The van der Waals surface area contributed by atoms with Crippen LogP contribution in [0.3, 0.4) is 0 Å². The smallest absolute Gasteiger partial charge is 0.254 e. The van der Waals surface area contributed by atoms with Crippen LogP contribution < -0.4 is 5.32 Å². The van der Waals surface area contributed by atoms with Crippen LogP contribution in [0.5, 0.6) is 0 Å². The molecule has 1 amide bonds. The van der Waals surface area contributed by atoms with Crippen molar-refractivity contribution < 1.29 is 13.6 Å². The highest BCUT2D eigenvalue weighted by Gasteiger charge is 2.20. The van der Waals surface area contributed by atoms with E-state index in [1.807, 2.05) is 18.2 Å². The summed E-state index contributed by atoms with van der Waals surface area (Å²) in [6.45, 7) is 1.14. The van der Waals surface area contributed by atoms with E-state index in [0.29, 0.717) is 11.1 Å². The van der Waals surface area contributed by atoms with Crippen LogP contribution in [0.25, 0.3) is 0 Å². The number of halogens is 2. The van der Waals surface area contributed by atoms with E-state index in [9.17, 15) is 13.6 Å². The largest absolute Gasteiger partial charge is 0.385 e. The van der Waals surface area contributed by atoms with Crippen molar-refractivity contribution in [2.24, 2.45) is 0 Å². The van der Waals surface area contributed by atoms with Gasteiger partial charge in [0.2, 0.25) is 0 Å². The Kier molecular flexibility index (Phi) is 4.28. The number of hydrogen-bond donors (Lipinski definition) is 1. The highest BCUT2D eigenvalue weighted by molar-refractivity contribution is 5.97. The van der Waals surface area contributed by atoms with Gasteiger partial charge in [-0.05, 0) is 48.2 Å². The Morgan fingerprint density at radius 1 is 1.22 bits per heavy atom. The minimum atomic E-state index is -0.898. The first-order valence-corrected chi connectivity index (χ1v) is 7.61. The minimum absolute atomic E-state index is 0.115. The number of nitrogens with zero attached hydrogens (tertiary/aromatic N) is 1. The van der Waals surface area contributed by atoms with Gasteiger partial charge in [-0.1, -0.05) is 12.1 Å². The Morgan fingerprint density at radius 2 is 2.04 bits per heavy atom. The summed E-state index contributed by atoms with van der Waals surface area (Å²) in [6.07, 6.45) is 1.85. The molecule has 5 heteroatoms. The van der Waals surface area contributed by atoms with Gasteiger partial charge in [-0.15, -0.1) is 0 Å². The van der Waals surface area contributed by atoms with Crippen molar-refractivity contribution in [1.29, 1.82) is 0 Å². The van der Waals surface area contributed by atoms with Gasteiger partial charge in [-0.25, -0.2) is 8.78 Å². The van der Waals surface area contributed by atoms with Crippen molar-refractivity contribution in [3.8, 4) is 0 Å². The van der Waals surface area contributed by atoms with E-state index in [0.717, 1.165) is 42.8 Å². The number of rotatable bonds is 3. The van der Waals surface area contributed by atoms with Crippen LogP contribution in [0.4, 0.5) is 14.5 Å². The molecule has 0 aromatic heterocycles.